The molecule has 3 aliphatic heterocycles. The van der Waals surface area contributed by atoms with Gasteiger partial charge in [0.25, 0.3) is 0 Å². The van der Waals surface area contributed by atoms with Crippen LogP contribution in [0.5, 0.6) is 5.75 Å². The maximum Gasteiger partial charge on any atom is 0.146 e. The second-order valence-electron chi connectivity index (χ2n) is 10.1. The lowest BCUT2D eigenvalue weighted by Crippen LogP contribution is -2.47. The zero-order chi connectivity index (χ0) is 22.4. The van der Waals surface area contributed by atoms with Crippen LogP contribution in [-0.4, -0.2) is 65.9 Å². The maximum absolute atomic E-state index is 6.68. The molecule has 176 valence electrons. The number of ether oxygens (including phenoxy) is 1. The molecule has 7 nitrogen and oxygen atoms in total. The van der Waals surface area contributed by atoms with Gasteiger partial charge in [0.2, 0.25) is 0 Å². The van der Waals surface area contributed by atoms with E-state index in [9.17, 15) is 0 Å². The van der Waals surface area contributed by atoms with Gasteiger partial charge >= 0.3 is 0 Å². The van der Waals surface area contributed by atoms with Crippen LogP contribution in [0.25, 0.3) is 11.2 Å². The lowest BCUT2D eigenvalue weighted by Gasteiger charge is -2.36. The van der Waals surface area contributed by atoms with E-state index in [1.54, 1.807) is 0 Å². The molecule has 0 radical (unpaired) electrons. The molecule has 0 amide bonds. The summed E-state index contributed by atoms with van der Waals surface area (Å²) in [6, 6.07) is 2.50. The first-order valence-corrected chi connectivity index (χ1v) is 12.7. The van der Waals surface area contributed by atoms with Crippen LogP contribution in [0.4, 0.5) is 0 Å². The highest BCUT2D eigenvalue weighted by molar-refractivity contribution is 5.74. The molecule has 7 heteroatoms. The summed E-state index contributed by atoms with van der Waals surface area (Å²) in [5.41, 5.74) is 6.12. The largest absolute Gasteiger partial charge is 0.488 e. The Hall–Kier alpha value is -2.51. The van der Waals surface area contributed by atoms with E-state index in [2.05, 4.69) is 65.3 Å². The molecule has 2 aromatic rings. The summed E-state index contributed by atoms with van der Waals surface area (Å²) in [4.78, 5) is 2.49. The minimum atomic E-state index is 0.174. The molecule has 0 bridgehead atoms. The summed E-state index contributed by atoms with van der Waals surface area (Å²) in [5, 5.41) is 15.4. The van der Waals surface area contributed by atoms with Crippen molar-refractivity contribution in [2.24, 2.45) is 5.92 Å². The minimum Gasteiger partial charge on any atom is -0.488 e. The number of hydrogen-bond acceptors (Lipinski definition) is 6. The molecule has 6 rings (SSSR count). The van der Waals surface area contributed by atoms with Crippen molar-refractivity contribution < 1.29 is 4.74 Å². The highest BCUT2D eigenvalue weighted by atomic mass is 16.5. The average molecular weight is 449 g/mol. The van der Waals surface area contributed by atoms with Crippen molar-refractivity contribution in [1.29, 1.82) is 0 Å². The number of aromatic nitrogens is 2. The first-order chi connectivity index (χ1) is 16.2. The Labute approximate surface area is 196 Å². The van der Waals surface area contributed by atoms with Crippen LogP contribution < -0.4 is 20.7 Å². The smallest absolute Gasteiger partial charge is 0.146 e. The number of dihydropyridines is 1. The zero-order valence-electron chi connectivity index (χ0n) is 19.8. The Morgan fingerprint density at radius 1 is 1.09 bits per heavy atom. The van der Waals surface area contributed by atoms with Crippen LogP contribution in [0.2, 0.25) is 0 Å². The fourth-order valence-corrected chi connectivity index (χ4v) is 5.56. The van der Waals surface area contributed by atoms with Gasteiger partial charge in [0.1, 0.15) is 17.4 Å². The zero-order valence-corrected chi connectivity index (χ0v) is 19.8. The average Bonchev–Trinajstić information content (AvgIpc) is 3.34. The van der Waals surface area contributed by atoms with Crippen molar-refractivity contribution >= 4 is 11.2 Å². The predicted octanol–water partition coefficient (Wildman–Crippen LogP) is 2.71. The topological polar surface area (TPSA) is 65.9 Å². The fourth-order valence-electron chi connectivity index (χ4n) is 5.56. The Bertz CT molecular complexity index is 1070. The summed E-state index contributed by atoms with van der Waals surface area (Å²) in [6.45, 7) is 10.8. The number of hydrogen-bond donors (Lipinski definition) is 3. The molecule has 3 N–H and O–H groups in total. The number of nitrogens with zero attached hydrogens (tertiary/aromatic N) is 3. The third-order valence-electron chi connectivity index (χ3n) is 7.73. The van der Waals surface area contributed by atoms with Gasteiger partial charge in [-0.3, -0.25) is 0 Å². The van der Waals surface area contributed by atoms with E-state index < -0.39 is 0 Å². The number of piperazine rings is 1. The minimum absolute atomic E-state index is 0.174. The maximum atomic E-state index is 6.68. The van der Waals surface area contributed by atoms with Crippen molar-refractivity contribution in [3.8, 4) is 5.75 Å². The lowest BCUT2D eigenvalue weighted by molar-refractivity contribution is 0.162. The van der Waals surface area contributed by atoms with Gasteiger partial charge in [-0.1, -0.05) is 0 Å². The lowest BCUT2D eigenvalue weighted by atomic mass is 10.0. The molecular weight excluding hydrogens is 412 g/mol. The molecule has 1 unspecified atom stereocenters. The highest BCUT2D eigenvalue weighted by Crippen LogP contribution is 2.44. The first kappa shape index (κ1) is 21.1. The van der Waals surface area contributed by atoms with Crippen molar-refractivity contribution in [3.63, 3.8) is 0 Å². The van der Waals surface area contributed by atoms with Crippen molar-refractivity contribution in [2.75, 3.05) is 39.3 Å². The third-order valence-corrected chi connectivity index (χ3v) is 7.73. The summed E-state index contributed by atoms with van der Waals surface area (Å²) in [5.74, 6) is 2.16. The Balaban J connectivity index is 1.34. The number of nitrogens with one attached hydrogen (secondary N) is 3. The number of fused-ring (bicyclic) bond motifs is 1. The monoisotopic (exact) mass is 448 g/mol. The SMILES string of the molecule is CC1NC(c2cc(O[C@H](C)[C@@H]3CCNC3)c3c(C4CC4)cnn3c2)=CC=C1N1CCNCC1. The van der Waals surface area contributed by atoms with Crippen LogP contribution in [0.3, 0.4) is 0 Å². The molecule has 0 aromatic carbocycles. The van der Waals surface area contributed by atoms with Gasteiger partial charge in [-0.05, 0) is 63.8 Å². The molecule has 4 aliphatic rings. The molecule has 1 aliphatic carbocycles. The molecule has 3 fully saturated rings. The second kappa shape index (κ2) is 8.69. The summed E-state index contributed by atoms with van der Waals surface area (Å²) in [7, 11) is 0. The van der Waals surface area contributed by atoms with Crippen LogP contribution in [0.15, 0.2) is 36.3 Å². The van der Waals surface area contributed by atoms with Crippen LogP contribution in [0, 0.1) is 5.92 Å². The summed E-state index contributed by atoms with van der Waals surface area (Å²) >= 11 is 0. The van der Waals surface area contributed by atoms with E-state index in [0.717, 1.165) is 61.8 Å². The van der Waals surface area contributed by atoms with Crippen LogP contribution in [-0.2, 0) is 0 Å². The van der Waals surface area contributed by atoms with Gasteiger partial charge in [-0.15, -0.1) is 0 Å². The number of pyridine rings is 1. The van der Waals surface area contributed by atoms with Crippen LogP contribution in [0.1, 0.15) is 50.2 Å². The molecule has 5 heterocycles. The second-order valence-corrected chi connectivity index (χ2v) is 10.1. The molecule has 2 saturated heterocycles. The molecular formula is C26H36N6O. The van der Waals surface area contributed by atoms with E-state index in [1.807, 2.05) is 4.52 Å². The fraction of sp³-hybridized carbons (Fsp3) is 0.577. The van der Waals surface area contributed by atoms with E-state index in [0.29, 0.717) is 11.8 Å². The van der Waals surface area contributed by atoms with Gasteiger partial charge in [-0.25, -0.2) is 4.52 Å². The van der Waals surface area contributed by atoms with E-state index in [-0.39, 0.29) is 12.1 Å². The van der Waals surface area contributed by atoms with E-state index in [1.165, 1.54) is 30.5 Å². The standard InChI is InChI=1S/C26H36N6O/c1-17-24(31-11-9-27-10-12-31)6-5-23(30-17)21-13-25(33-18(2)20-7-8-28-14-20)26-22(19-3-4-19)15-29-32(26)16-21/h5-6,13,15-20,27-28,30H,3-4,7-12,14H2,1-2H3/t17?,18-,20-/m1/s1. The van der Waals surface area contributed by atoms with Crippen molar-refractivity contribution in [2.45, 2.75) is 51.2 Å². The van der Waals surface area contributed by atoms with Gasteiger partial charge in [0, 0.05) is 67.4 Å². The van der Waals surface area contributed by atoms with E-state index >= 15 is 0 Å². The van der Waals surface area contributed by atoms with Gasteiger partial charge < -0.3 is 25.6 Å². The molecule has 2 aromatic heterocycles. The first-order valence-electron chi connectivity index (χ1n) is 12.7. The van der Waals surface area contributed by atoms with Crippen molar-refractivity contribution in [3.05, 3.63) is 47.4 Å². The van der Waals surface area contributed by atoms with Gasteiger partial charge in [0.15, 0.2) is 0 Å². The summed E-state index contributed by atoms with van der Waals surface area (Å²) < 4.78 is 8.72. The Morgan fingerprint density at radius 3 is 2.67 bits per heavy atom. The molecule has 3 atom stereocenters. The van der Waals surface area contributed by atoms with Crippen LogP contribution >= 0.6 is 0 Å². The normalized spacial score (nSPS) is 26.7. The third kappa shape index (κ3) is 4.13. The molecule has 0 spiro atoms. The summed E-state index contributed by atoms with van der Waals surface area (Å²) in [6.07, 6.45) is 12.6. The highest BCUT2D eigenvalue weighted by Gasteiger charge is 2.30. The van der Waals surface area contributed by atoms with Crippen molar-refractivity contribution in [1.82, 2.24) is 30.5 Å². The quantitative estimate of drug-likeness (QED) is 0.632. The Kier molecular flexibility index (Phi) is 5.54. The predicted molar refractivity (Wildman–Crippen MR) is 131 cm³/mol. The number of allylic oxidation sites excluding steroid dienone is 2. The number of rotatable bonds is 6. The van der Waals surface area contributed by atoms with E-state index in [4.69, 9.17) is 9.84 Å². The molecule has 1 saturated carbocycles. The van der Waals surface area contributed by atoms with Gasteiger partial charge in [0.05, 0.1) is 12.2 Å². The Morgan fingerprint density at radius 2 is 1.94 bits per heavy atom. The van der Waals surface area contributed by atoms with Gasteiger partial charge in [-0.2, -0.15) is 5.10 Å². The molecule has 33 heavy (non-hydrogen) atoms.